The van der Waals surface area contributed by atoms with Crippen LogP contribution in [0.3, 0.4) is 0 Å². The SMILES string of the molecule is c1ccc2c(c1)ccc1cc(-c3c4ccccc4c(-c4cnc5ccccc5n4)c4ccccc34)ccc12. The van der Waals surface area contributed by atoms with Crippen molar-refractivity contribution in [3.8, 4) is 22.4 Å². The third-order valence-corrected chi connectivity index (χ3v) is 7.67. The van der Waals surface area contributed by atoms with Gasteiger partial charge in [0.2, 0.25) is 0 Å². The predicted octanol–water partition coefficient (Wildman–Crippen LogP) is 9.58. The molecule has 38 heavy (non-hydrogen) atoms. The zero-order valence-electron chi connectivity index (χ0n) is 20.6. The van der Waals surface area contributed by atoms with Gasteiger partial charge in [0.1, 0.15) is 0 Å². The van der Waals surface area contributed by atoms with Crippen LogP contribution >= 0.6 is 0 Å². The molecule has 8 rings (SSSR count). The van der Waals surface area contributed by atoms with E-state index < -0.39 is 0 Å². The summed E-state index contributed by atoms with van der Waals surface area (Å²) in [6.45, 7) is 0. The van der Waals surface area contributed by atoms with Gasteiger partial charge in [0, 0.05) is 5.56 Å². The Morgan fingerprint density at radius 3 is 1.68 bits per heavy atom. The van der Waals surface area contributed by atoms with Gasteiger partial charge in [-0.15, -0.1) is 0 Å². The molecule has 2 heteroatoms. The number of para-hydroxylation sites is 2. The highest BCUT2D eigenvalue weighted by atomic mass is 14.8. The van der Waals surface area contributed by atoms with Crippen LogP contribution in [-0.4, -0.2) is 9.97 Å². The van der Waals surface area contributed by atoms with Crippen molar-refractivity contribution in [1.82, 2.24) is 9.97 Å². The molecule has 0 aliphatic heterocycles. The van der Waals surface area contributed by atoms with E-state index in [4.69, 9.17) is 9.97 Å². The summed E-state index contributed by atoms with van der Waals surface area (Å²) >= 11 is 0. The van der Waals surface area contributed by atoms with Crippen molar-refractivity contribution in [1.29, 1.82) is 0 Å². The van der Waals surface area contributed by atoms with Gasteiger partial charge in [0.25, 0.3) is 0 Å². The lowest BCUT2D eigenvalue weighted by Gasteiger charge is -2.17. The number of benzene rings is 7. The minimum atomic E-state index is 0.896. The molecule has 0 radical (unpaired) electrons. The van der Waals surface area contributed by atoms with Crippen molar-refractivity contribution >= 4 is 54.1 Å². The van der Waals surface area contributed by atoms with Crippen LogP contribution in [-0.2, 0) is 0 Å². The minimum absolute atomic E-state index is 0.896. The first-order chi connectivity index (χ1) is 18.8. The van der Waals surface area contributed by atoms with Crippen molar-refractivity contribution < 1.29 is 0 Å². The van der Waals surface area contributed by atoms with Crippen LogP contribution < -0.4 is 0 Å². The molecule has 2 nitrogen and oxygen atoms in total. The summed E-state index contributed by atoms with van der Waals surface area (Å²) in [4.78, 5) is 9.80. The normalized spacial score (nSPS) is 11.7. The highest BCUT2D eigenvalue weighted by Gasteiger charge is 2.18. The summed E-state index contributed by atoms with van der Waals surface area (Å²) in [5, 5.41) is 9.89. The van der Waals surface area contributed by atoms with Gasteiger partial charge in [0.05, 0.1) is 22.9 Å². The minimum Gasteiger partial charge on any atom is -0.252 e. The molecule has 0 amide bonds. The molecule has 0 atom stereocenters. The van der Waals surface area contributed by atoms with Crippen molar-refractivity contribution in [2.75, 3.05) is 0 Å². The van der Waals surface area contributed by atoms with E-state index in [0.29, 0.717) is 0 Å². The molecule has 1 heterocycles. The number of hydrogen-bond acceptors (Lipinski definition) is 2. The highest BCUT2D eigenvalue weighted by molar-refractivity contribution is 6.22. The van der Waals surface area contributed by atoms with Gasteiger partial charge in [-0.25, -0.2) is 4.98 Å². The van der Waals surface area contributed by atoms with Gasteiger partial charge in [-0.3, -0.25) is 4.98 Å². The summed E-state index contributed by atoms with van der Waals surface area (Å²) in [7, 11) is 0. The molecule has 7 aromatic carbocycles. The van der Waals surface area contributed by atoms with Crippen LogP contribution in [0.1, 0.15) is 0 Å². The Bertz CT molecular complexity index is 2140. The van der Waals surface area contributed by atoms with Crippen molar-refractivity contribution in [2.24, 2.45) is 0 Å². The molecular formula is C36H22N2. The molecule has 0 bridgehead atoms. The second kappa shape index (κ2) is 8.22. The summed E-state index contributed by atoms with van der Waals surface area (Å²) in [5.74, 6) is 0. The van der Waals surface area contributed by atoms with E-state index in [-0.39, 0.29) is 0 Å². The zero-order valence-corrected chi connectivity index (χ0v) is 20.6. The Balaban J connectivity index is 1.46. The van der Waals surface area contributed by atoms with Crippen LogP contribution in [0.15, 0.2) is 134 Å². The fraction of sp³-hybridized carbons (Fsp3) is 0. The number of fused-ring (bicyclic) bond motifs is 6. The van der Waals surface area contributed by atoms with Gasteiger partial charge in [-0.1, -0.05) is 109 Å². The van der Waals surface area contributed by atoms with Crippen LogP contribution in [0.4, 0.5) is 0 Å². The molecule has 0 N–H and O–H groups in total. The summed E-state index contributed by atoms with van der Waals surface area (Å²) in [6, 6.07) is 45.4. The average molecular weight is 483 g/mol. The molecule has 0 aliphatic rings. The number of aromatic nitrogens is 2. The fourth-order valence-electron chi connectivity index (χ4n) is 5.96. The Kier molecular flexibility index (Phi) is 4.55. The van der Waals surface area contributed by atoms with Gasteiger partial charge in [-0.05, 0) is 72.4 Å². The molecule has 8 aromatic rings. The molecular weight excluding hydrogens is 460 g/mol. The Hall–Kier alpha value is -5.08. The lowest BCUT2D eigenvalue weighted by molar-refractivity contribution is 1.30. The maximum Gasteiger partial charge on any atom is 0.0905 e. The molecule has 1 aromatic heterocycles. The van der Waals surface area contributed by atoms with Gasteiger partial charge in [0.15, 0.2) is 0 Å². The van der Waals surface area contributed by atoms with Gasteiger partial charge in [-0.2, -0.15) is 0 Å². The molecule has 0 saturated heterocycles. The summed E-state index contributed by atoms with van der Waals surface area (Å²) in [5.41, 5.74) is 6.31. The summed E-state index contributed by atoms with van der Waals surface area (Å²) < 4.78 is 0. The maximum absolute atomic E-state index is 5.06. The Morgan fingerprint density at radius 1 is 0.395 bits per heavy atom. The van der Waals surface area contributed by atoms with Crippen LogP contribution in [0, 0.1) is 0 Å². The summed E-state index contributed by atoms with van der Waals surface area (Å²) in [6.07, 6.45) is 1.91. The smallest absolute Gasteiger partial charge is 0.0905 e. The first-order valence-corrected chi connectivity index (χ1v) is 12.9. The first kappa shape index (κ1) is 21.0. The quantitative estimate of drug-likeness (QED) is 0.181. The van der Waals surface area contributed by atoms with E-state index in [1.54, 1.807) is 0 Å². The predicted molar refractivity (Wildman–Crippen MR) is 160 cm³/mol. The largest absolute Gasteiger partial charge is 0.252 e. The standard InChI is InChI=1S/C36H22N2/c1-2-10-26-23(9-1)17-18-24-21-25(19-20-27(24)26)35-28-11-3-5-13-30(28)36(31-14-6-4-12-29(31)35)34-22-37-32-15-7-8-16-33(32)38-34/h1-22H. The maximum atomic E-state index is 5.06. The molecule has 0 spiro atoms. The van der Waals surface area contributed by atoms with E-state index in [0.717, 1.165) is 22.3 Å². The average Bonchev–Trinajstić information content (AvgIpc) is 2.99. The van der Waals surface area contributed by atoms with E-state index >= 15 is 0 Å². The molecule has 0 fully saturated rings. The Morgan fingerprint density at radius 2 is 0.947 bits per heavy atom. The number of rotatable bonds is 2. The number of hydrogen-bond donors (Lipinski definition) is 0. The van der Waals surface area contributed by atoms with Crippen molar-refractivity contribution in [2.45, 2.75) is 0 Å². The monoisotopic (exact) mass is 482 g/mol. The molecule has 0 aliphatic carbocycles. The van der Waals surface area contributed by atoms with Crippen LogP contribution in [0.5, 0.6) is 0 Å². The molecule has 0 unspecified atom stereocenters. The topological polar surface area (TPSA) is 25.8 Å². The van der Waals surface area contributed by atoms with Crippen molar-refractivity contribution in [3.05, 3.63) is 134 Å². The molecule has 0 saturated carbocycles. The van der Waals surface area contributed by atoms with Gasteiger partial charge >= 0.3 is 0 Å². The second-order valence-corrected chi connectivity index (χ2v) is 9.81. The van der Waals surface area contributed by atoms with Crippen LogP contribution in [0.25, 0.3) is 76.5 Å². The third-order valence-electron chi connectivity index (χ3n) is 7.67. The second-order valence-electron chi connectivity index (χ2n) is 9.81. The van der Waals surface area contributed by atoms with E-state index in [9.17, 15) is 0 Å². The lowest BCUT2D eigenvalue weighted by atomic mass is 9.86. The number of nitrogens with zero attached hydrogens (tertiary/aromatic N) is 2. The van der Waals surface area contributed by atoms with E-state index in [1.807, 2.05) is 30.5 Å². The van der Waals surface area contributed by atoms with Crippen LogP contribution in [0.2, 0.25) is 0 Å². The van der Waals surface area contributed by atoms with Crippen molar-refractivity contribution in [3.63, 3.8) is 0 Å². The van der Waals surface area contributed by atoms with E-state index in [1.165, 1.54) is 54.2 Å². The Labute approximate surface area is 219 Å². The lowest BCUT2D eigenvalue weighted by Crippen LogP contribution is -1.94. The first-order valence-electron chi connectivity index (χ1n) is 12.9. The highest BCUT2D eigenvalue weighted by Crippen LogP contribution is 2.44. The zero-order chi connectivity index (χ0) is 25.1. The van der Waals surface area contributed by atoms with E-state index in [2.05, 4.69) is 103 Å². The fourth-order valence-corrected chi connectivity index (χ4v) is 5.96. The molecule has 176 valence electrons. The third kappa shape index (κ3) is 3.14. The van der Waals surface area contributed by atoms with Gasteiger partial charge < -0.3 is 0 Å².